The lowest BCUT2D eigenvalue weighted by molar-refractivity contribution is 0.551. The van der Waals surface area contributed by atoms with Gasteiger partial charge >= 0.3 is 0 Å². The van der Waals surface area contributed by atoms with Crippen molar-refractivity contribution in [1.82, 2.24) is 15.0 Å². The normalized spacial score (nSPS) is 13.5. The number of hydrogen-bond donors (Lipinski definition) is 2. The Bertz CT molecular complexity index is 678. The van der Waals surface area contributed by atoms with Crippen molar-refractivity contribution >= 4 is 32.7 Å². The Hall–Kier alpha value is -0.800. The van der Waals surface area contributed by atoms with Gasteiger partial charge in [-0.05, 0) is 32.0 Å². The molecule has 116 valence electrons. The topological polar surface area (TPSA) is 71.1 Å². The van der Waals surface area contributed by atoms with Crippen LogP contribution in [0.4, 0.5) is 0 Å². The molecule has 0 aliphatic heterocycles. The van der Waals surface area contributed by atoms with Gasteiger partial charge in [-0.2, -0.15) is 0 Å². The molecule has 0 aromatic carbocycles. The summed E-state index contributed by atoms with van der Waals surface area (Å²) >= 11 is 2.77. The highest BCUT2D eigenvalue weighted by molar-refractivity contribution is 7.91. The number of aryl methyl sites for hydroxylation is 1. The molecule has 0 amide bonds. The second kappa shape index (κ2) is 6.97. The number of nitrogens with zero attached hydrogens (tertiary/aromatic N) is 1. The molecule has 0 radical (unpaired) electrons. The molecular formula is C13H19N3O2S3. The molecule has 5 nitrogen and oxygen atoms in total. The van der Waals surface area contributed by atoms with Crippen molar-refractivity contribution in [2.24, 2.45) is 0 Å². The predicted octanol–water partition coefficient (Wildman–Crippen LogP) is 2.66. The molecular weight excluding hydrogens is 326 g/mol. The van der Waals surface area contributed by atoms with Gasteiger partial charge in [-0.3, -0.25) is 0 Å². The highest BCUT2D eigenvalue weighted by Crippen LogP contribution is 2.28. The van der Waals surface area contributed by atoms with Crippen molar-refractivity contribution in [2.45, 2.75) is 37.1 Å². The average Bonchev–Trinajstić information content (AvgIpc) is 3.07. The zero-order chi connectivity index (χ0) is 15.5. The molecule has 2 aromatic heterocycles. The fraction of sp³-hybridized carbons (Fsp3) is 0.462. The highest BCUT2D eigenvalue weighted by Gasteiger charge is 2.24. The van der Waals surface area contributed by atoms with Crippen molar-refractivity contribution in [3.63, 3.8) is 0 Å². The predicted molar refractivity (Wildman–Crippen MR) is 87.3 cm³/mol. The van der Waals surface area contributed by atoms with E-state index in [0.29, 0.717) is 17.2 Å². The van der Waals surface area contributed by atoms with E-state index in [1.807, 2.05) is 26.3 Å². The Balaban J connectivity index is 2.23. The van der Waals surface area contributed by atoms with Gasteiger partial charge in [0.2, 0.25) is 0 Å². The Morgan fingerprint density at radius 2 is 2.19 bits per heavy atom. The van der Waals surface area contributed by atoms with Crippen molar-refractivity contribution in [3.8, 4) is 0 Å². The van der Waals surface area contributed by atoms with Gasteiger partial charge in [0.05, 0.1) is 6.04 Å². The lowest BCUT2D eigenvalue weighted by atomic mass is 10.3. The number of thiazole rings is 1. The van der Waals surface area contributed by atoms with Crippen LogP contribution in [0.5, 0.6) is 0 Å². The van der Waals surface area contributed by atoms with Crippen LogP contribution < -0.4 is 10.0 Å². The first kappa shape index (κ1) is 16.6. The van der Waals surface area contributed by atoms with E-state index < -0.39 is 10.0 Å². The van der Waals surface area contributed by atoms with Gasteiger partial charge in [0.15, 0.2) is 0 Å². The molecule has 0 aliphatic carbocycles. The minimum Gasteiger partial charge on any atom is -0.315 e. The lowest BCUT2D eigenvalue weighted by Crippen LogP contribution is -2.27. The van der Waals surface area contributed by atoms with Crippen LogP contribution in [0.2, 0.25) is 0 Å². The van der Waals surface area contributed by atoms with Crippen molar-refractivity contribution < 1.29 is 8.42 Å². The SMILES string of the molecule is CCC(NS(=O)(=O)c1cc(C)c(CNC)s1)c1nccs1. The van der Waals surface area contributed by atoms with E-state index in [9.17, 15) is 8.42 Å². The minimum absolute atomic E-state index is 0.273. The molecule has 2 heterocycles. The second-order valence-electron chi connectivity index (χ2n) is 4.65. The molecule has 0 spiro atoms. The van der Waals surface area contributed by atoms with Crippen LogP contribution in [0.25, 0.3) is 0 Å². The summed E-state index contributed by atoms with van der Waals surface area (Å²) in [7, 11) is -1.66. The van der Waals surface area contributed by atoms with Crippen LogP contribution in [0.3, 0.4) is 0 Å². The van der Waals surface area contributed by atoms with Gasteiger partial charge in [0.1, 0.15) is 9.22 Å². The molecule has 21 heavy (non-hydrogen) atoms. The molecule has 1 atom stereocenters. The lowest BCUT2D eigenvalue weighted by Gasteiger charge is -2.13. The van der Waals surface area contributed by atoms with Gasteiger partial charge < -0.3 is 5.32 Å². The Morgan fingerprint density at radius 1 is 1.43 bits per heavy atom. The zero-order valence-electron chi connectivity index (χ0n) is 12.2. The van der Waals surface area contributed by atoms with Gasteiger partial charge in [-0.1, -0.05) is 6.92 Å². The molecule has 8 heteroatoms. The summed E-state index contributed by atoms with van der Waals surface area (Å²) in [6.45, 7) is 4.55. The van der Waals surface area contributed by atoms with Crippen LogP contribution in [0.1, 0.15) is 34.8 Å². The van der Waals surface area contributed by atoms with Crippen molar-refractivity contribution in [3.05, 3.63) is 33.1 Å². The molecule has 0 saturated heterocycles. The van der Waals surface area contributed by atoms with Gasteiger partial charge in [-0.15, -0.1) is 22.7 Å². The summed E-state index contributed by atoms with van der Waals surface area (Å²) in [6.07, 6.45) is 2.36. The number of sulfonamides is 1. The molecule has 2 aromatic rings. The Kier molecular flexibility index (Phi) is 5.50. The quantitative estimate of drug-likeness (QED) is 0.809. The van der Waals surface area contributed by atoms with Crippen molar-refractivity contribution in [2.75, 3.05) is 7.05 Å². The largest absolute Gasteiger partial charge is 0.315 e. The van der Waals surface area contributed by atoms with Crippen LogP contribution in [-0.2, 0) is 16.6 Å². The maximum Gasteiger partial charge on any atom is 0.250 e. The van der Waals surface area contributed by atoms with E-state index in [4.69, 9.17) is 0 Å². The standard InChI is InChI=1S/C13H19N3O2S3/c1-4-10(13-15-5-6-19-13)16-21(17,18)12-7-9(2)11(20-12)8-14-3/h5-7,10,14,16H,4,8H2,1-3H3. The van der Waals surface area contributed by atoms with Crippen LogP contribution >= 0.6 is 22.7 Å². The van der Waals surface area contributed by atoms with Crippen LogP contribution in [0, 0.1) is 6.92 Å². The van der Waals surface area contributed by atoms with E-state index in [1.54, 1.807) is 12.3 Å². The zero-order valence-corrected chi connectivity index (χ0v) is 14.7. The first-order valence-electron chi connectivity index (χ1n) is 6.63. The minimum atomic E-state index is -3.51. The summed E-state index contributed by atoms with van der Waals surface area (Å²) in [5.41, 5.74) is 0.997. The van der Waals surface area contributed by atoms with E-state index in [-0.39, 0.29) is 6.04 Å². The Morgan fingerprint density at radius 3 is 2.76 bits per heavy atom. The Labute approximate surface area is 133 Å². The molecule has 0 aliphatic rings. The van der Waals surface area contributed by atoms with Crippen molar-refractivity contribution in [1.29, 1.82) is 0 Å². The highest BCUT2D eigenvalue weighted by atomic mass is 32.2. The molecule has 1 unspecified atom stereocenters. The fourth-order valence-electron chi connectivity index (χ4n) is 1.92. The number of thiophene rings is 1. The smallest absolute Gasteiger partial charge is 0.250 e. The summed E-state index contributed by atoms with van der Waals surface area (Å²) in [4.78, 5) is 5.24. The van der Waals surface area contributed by atoms with Gasteiger partial charge in [0, 0.05) is 23.0 Å². The third kappa shape index (κ3) is 3.89. The first-order valence-corrected chi connectivity index (χ1v) is 9.81. The summed E-state index contributed by atoms with van der Waals surface area (Å²) in [6, 6.07) is 1.46. The van der Waals surface area contributed by atoms with E-state index >= 15 is 0 Å². The number of nitrogens with one attached hydrogen (secondary N) is 2. The maximum atomic E-state index is 12.5. The summed E-state index contributed by atoms with van der Waals surface area (Å²) in [5, 5.41) is 5.70. The van der Waals surface area contributed by atoms with E-state index in [0.717, 1.165) is 15.4 Å². The molecule has 0 saturated carbocycles. The summed E-state index contributed by atoms with van der Waals surface area (Å²) < 4.78 is 28.2. The summed E-state index contributed by atoms with van der Waals surface area (Å²) in [5.74, 6) is 0. The number of aromatic nitrogens is 1. The third-order valence-corrected chi connectivity index (χ3v) is 7.13. The van der Waals surface area contributed by atoms with Gasteiger partial charge in [-0.25, -0.2) is 18.1 Å². The second-order valence-corrected chi connectivity index (χ2v) is 8.66. The number of rotatable bonds is 7. The molecule has 0 bridgehead atoms. The van der Waals surface area contributed by atoms with Gasteiger partial charge in [0.25, 0.3) is 10.0 Å². The van der Waals surface area contributed by atoms with Crippen LogP contribution in [0.15, 0.2) is 21.9 Å². The number of hydrogen-bond acceptors (Lipinski definition) is 6. The monoisotopic (exact) mass is 345 g/mol. The molecule has 0 fully saturated rings. The fourth-order valence-corrected chi connectivity index (χ4v) is 5.67. The maximum absolute atomic E-state index is 12.5. The molecule has 2 N–H and O–H groups in total. The average molecular weight is 346 g/mol. The van der Waals surface area contributed by atoms with Crippen LogP contribution in [-0.4, -0.2) is 20.4 Å². The molecule has 2 rings (SSSR count). The third-order valence-electron chi connectivity index (χ3n) is 3.06. The van der Waals surface area contributed by atoms with E-state index in [1.165, 1.54) is 22.7 Å². The van der Waals surface area contributed by atoms with E-state index in [2.05, 4.69) is 15.0 Å². The first-order chi connectivity index (χ1) is 9.97.